The minimum absolute atomic E-state index is 0.0154. The molecule has 0 saturated carbocycles. The van der Waals surface area contributed by atoms with Gasteiger partial charge < -0.3 is 10.6 Å². The Morgan fingerprint density at radius 2 is 2.26 bits per heavy atom. The van der Waals surface area contributed by atoms with Gasteiger partial charge in [-0.1, -0.05) is 6.07 Å². The number of anilines is 2. The fourth-order valence-electron chi connectivity index (χ4n) is 3.19. The lowest BCUT2D eigenvalue weighted by Gasteiger charge is -2.18. The molecule has 2 fully saturated rings. The van der Waals surface area contributed by atoms with Gasteiger partial charge in [-0.15, -0.1) is 0 Å². The zero-order chi connectivity index (χ0) is 16.3. The number of nitrogens with one attached hydrogen (secondary N) is 2. The van der Waals surface area contributed by atoms with Crippen molar-refractivity contribution in [3.8, 4) is 0 Å². The fraction of sp³-hybridized carbons (Fsp3) is 0.562. The van der Waals surface area contributed by atoms with Crippen LogP contribution in [-0.2, 0) is 14.8 Å². The van der Waals surface area contributed by atoms with Gasteiger partial charge in [0.05, 0.1) is 11.4 Å². The average molecular weight is 337 g/mol. The maximum absolute atomic E-state index is 12.1. The predicted molar refractivity (Wildman–Crippen MR) is 91.0 cm³/mol. The molecule has 2 heterocycles. The van der Waals surface area contributed by atoms with Gasteiger partial charge in [-0.2, -0.15) is 0 Å². The van der Waals surface area contributed by atoms with Crippen molar-refractivity contribution in [2.24, 2.45) is 5.92 Å². The summed E-state index contributed by atoms with van der Waals surface area (Å²) < 4.78 is 25.4. The van der Waals surface area contributed by atoms with Gasteiger partial charge >= 0.3 is 0 Å². The minimum Gasteiger partial charge on any atom is -0.326 e. The van der Waals surface area contributed by atoms with Gasteiger partial charge in [0, 0.05) is 18.7 Å². The molecule has 23 heavy (non-hydrogen) atoms. The Balaban J connectivity index is 1.60. The molecule has 0 aromatic heterocycles. The number of amides is 1. The molecule has 2 saturated heterocycles. The van der Waals surface area contributed by atoms with Crippen molar-refractivity contribution in [3.05, 3.63) is 24.3 Å². The first kappa shape index (κ1) is 16.3. The van der Waals surface area contributed by atoms with Crippen molar-refractivity contribution in [1.82, 2.24) is 5.32 Å². The third-order valence-electron chi connectivity index (χ3n) is 4.46. The number of carbonyl (C=O) groups is 1. The highest BCUT2D eigenvalue weighted by molar-refractivity contribution is 7.93. The molecular formula is C16H23N3O3S. The Morgan fingerprint density at radius 1 is 1.39 bits per heavy atom. The molecule has 6 nitrogen and oxygen atoms in total. The largest absolute Gasteiger partial charge is 0.326 e. The van der Waals surface area contributed by atoms with Gasteiger partial charge in [-0.25, -0.2) is 8.42 Å². The normalized spacial score (nSPS) is 23.1. The van der Waals surface area contributed by atoms with Crippen LogP contribution in [-0.4, -0.2) is 39.7 Å². The average Bonchev–Trinajstić information content (AvgIpc) is 3.14. The fourth-order valence-corrected chi connectivity index (χ4v) is 4.74. The molecule has 1 unspecified atom stereocenters. The number of carbonyl (C=O) groups excluding carboxylic acids is 1. The smallest absolute Gasteiger partial charge is 0.235 e. The molecule has 126 valence electrons. The lowest BCUT2D eigenvalue weighted by molar-refractivity contribution is -0.116. The molecule has 1 aromatic carbocycles. The van der Waals surface area contributed by atoms with Gasteiger partial charge in [0.2, 0.25) is 15.9 Å². The highest BCUT2D eigenvalue weighted by Crippen LogP contribution is 2.26. The number of hydrogen-bond donors (Lipinski definition) is 2. The van der Waals surface area contributed by atoms with E-state index in [-0.39, 0.29) is 11.7 Å². The van der Waals surface area contributed by atoms with E-state index in [0.717, 1.165) is 25.9 Å². The summed E-state index contributed by atoms with van der Waals surface area (Å²) >= 11 is 0. The Morgan fingerprint density at radius 3 is 2.96 bits per heavy atom. The van der Waals surface area contributed by atoms with Gasteiger partial charge in [-0.3, -0.25) is 9.10 Å². The lowest BCUT2D eigenvalue weighted by Crippen LogP contribution is -2.25. The van der Waals surface area contributed by atoms with E-state index in [1.165, 1.54) is 4.31 Å². The number of sulfonamides is 1. The summed E-state index contributed by atoms with van der Waals surface area (Å²) in [6.45, 7) is 2.54. The number of hydrogen-bond acceptors (Lipinski definition) is 4. The molecule has 2 N–H and O–H groups in total. The summed E-state index contributed by atoms with van der Waals surface area (Å²) in [6, 6.07) is 7.07. The van der Waals surface area contributed by atoms with E-state index in [1.807, 2.05) is 0 Å². The van der Waals surface area contributed by atoms with E-state index >= 15 is 0 Å². The topological polar surface area (TPSA) is 78.5 Å². The number of rotatable bonds is 5. The lowest BCUT2D eigenvalue weighted by atomic mass is 10.0. The van der Waals surface area contributed by atoms with Gasteiger partial charge in [0.25, 0.3) is 0 Å². The van der Waals surface area contributed by atoms with Gasteiger partial charge in [0.15, 0.2) is 0 Å². The van der Waals surface area contributed by atoms with Crippen LogP contribution >= 0.6 is 0 Å². The highest BCUT2D eigenvalue weighted by atomic mass is 32.2. The van der Waals surface area contributed by atoms with Crippen LogP contribution in [0.3, 0.4) is 0 Å². The Bertz CT molecular complexity index is 669. The van der Waals surface area contributed by atoms with Crippen LogP contribution in [0.1, 0.15) is 25.7 Å². The van der Waals surface area contributed by atoms with Crippen LogP contribution in [0.2, 0.25) is 0 Å². The molecular weight excluding hydrogens is 314 g/mol. The third-order valence-corrected chi connectivity index (χ3v) is 6.33. The van der Waals surface area contributed by atoms with E-state index in [1.54, 1.807) is 24.3 Å². The quantitative estimate of drug-likeness (QED) is 0.854. The van der Waals surface area contributed by atoms with Crippen LogP contribution in [0.15, 0.2) is 24.3 Å². The molecule has 1 aromatic rings. The van der Waals surface area contributed by atoms with Crippen molar-refractivity contribution in [2.75, 3.05) is 35.0 Å². The van der Waals surface area contributed by atoms with Crippen molar-refractivity contribution in [2.45, 2.75) is 25.7 Å². The molecule has 7 heteroatoms. The monoisotopic (exact) mass is 337 g/mol. The predicted octanol–water partition coefficient (Wildman–Crippen LogP) is 1.55. The second-order valence-corrected chi connectivity index (χ2v) is 8.25. The first-order valence-corrected chi connectivity index (χ1v) is 9.76. The van der Waals surface area contributed by atoms with E-state index in [9.17, 15) is 13.2 Å². The van der Waals surface area contributed by atoms with Crippen LogP contribution in [0.5, 0.6) is 0 Å². The van der Waals surface area contributed by atoms with Crippen LogP contribution in [0, 0.1) is 5.92 Å². The van der Waals surface area contributed by atoms with Crippen molar-refractivity contribution in [1.29, 1.82) is 0 Å². The van der Waals surface area contributed by atoms with E-state index in [2.05, 4.69) is 10.6 Å². The molecule has 0 bridgehead atoms. The molecule has 0 aliphatic carbocycles. The summed E-state index contributed by atoms with van der Waals surface area (Å²) in [5.74, 6) is 0.763. The zero-order valence-corrected chi connectivity index (χ0v) is 13.9. The standard InChI is InChI=1S/C16H23N3O3S/c20-16(6-5-13-7-8-17-12-13)18-14-3-1-4-15(11-14)19-9-2-10-23(19,21)22/h1,3-4,11,13,17H,2,5-10,12H2,(H,18,20). The molecule has 3 rings (SSSR count). The zero-order valence-electron chi connectivity index (χ0n) is 13.1. The Hall–Kier alpha value is -1.60. The van der Waals surface area contributed by atoms with Crippen molar-refractivity contribution in [3.63, 3.8) is 0 Å². The summed E-state index contributed by atoms with van der Waals surface area (Å²) in [7, 11) is -3.19. The van der Waals surface area contributed by atoms with Gasteiger partial charge in [-0.05, 0) is 56.5 Å². The molecule has 1 atom stereocenters. The SMILES string of the molecule is O=C(CCC1CCNC1)Nc1cccc(N2CCCS2(=O)=O)c1. The van der Waals surface area contributed by atoms with Crippen molar-refractivity contribution >= 4 is 27.3 Å². The van der Waals surface area contributed by atoms with Gasteiger partial charge in [0.1, 0.15) is 0 Å². The molecule has 1 amide bonds. The van der Waals surface area contributed by atoms with E-state index in [4.69, 9.17) is 0 Å². The van der Waals surface area contributed by atoms with Crippen molar-refractivity contribution < 1.29 is 13.2 Å². The second-order valence-electron chi connectivity index (χ2n) is 6.24. The summed E-state index contributed by atoms with van der Waals surface area (Å²) in [4.78, 5) is 12.1. The van der Waals surface area contributed by atoms with Crippen LogP contribution < -0.4 is 14.9 Å². The summed E-state index contributed by atoms with van der Waals surface area (Å²) in [5, 5.41) is 6.17. The Labute approximate surface area is 137 Å². The third kappa shape index (κ3) is 4.03. The summed E-state index contributed by atoms with van der Waals surface area (Å²) in [5.41, 5.74) is 1.28. The number of benzene rings is 1. The molecule has 0 radical (unpaired) electrons. The second kappa shape index (κ2) is 6.88. The molecule has 2 aliphatic heterocycles. The Kier molecular flexibility index (Phi) is 4.87. The van der Waals surface area contributed by atoms with Crippen LogP contribution in [0.25, 0.3) is 0 Å². The first-order chi connectivity index (χ1) is 11.0. The number of nitrogens with zero attached hydrogens (tertiary/aromatic N) is 1. The van der Waals surface area contributed by atoms with E-state index in [0.29, 0.717) is 36.7 Å². The highest BCUT2D eigenvalue weighted by Gasteiger charge is 2.28. The van der Waals surface area contributed by atoms with E-state index < -0.39 is 10.0 Å². The summed E-state index contributed by atoms with van der Waals surface area (Å²) in [6.07, 6.45) is 3.17. The van der Waals surface area contributed by atoms with Crippen LogP contribution in [0.4, 0.5) is 11.4 Å². The molecule has 2 aliphatic rings. The molecule has 0 spiro atoms. The minimum atomic E-state index is -3.19. The maximum Gasteiger partial charge on any atom is 0.235 e. The first-order valence-electron chi connectivity index (χ1n) is 8.16. The maximum atomic E-state index is 12.1.